The normalized spacial score (nSPS) is 25.8. The van der Waals surface area contributed by atoms with Crippen molar-refractivity contribution in [2.75, 3.05) is 26.7 Å². The number of amides is 1. The van der Waals surface area contributed by atoms with Gasteiger partial charge in [0.25, 0.3) is 0 Å². The Morgan fingerprint density at radius 1 is 1.17 bits per heavy atom. The summed E-state index contributed by atoms with van der Waals surface area (Å²) < 4.78 is 5.30. The first-order chi connectivity index (χ1) is 13.0. The molecular weight excluding hydrogens is 409 g/mol. The number of benzene rings is 1. The molecule has 1 saturated carbocycles. The van der Waals surface area contributed by atoms with Gasteiger partial charge in [0.1, 0.15) is 5.75 Å². The minimum Gasteiger partial charge on any atom is -0.497 e. The first-order valence-electron chi connectivity index (χ1n) is 10.5. The third-order valence-corrected chi connectivity index (χ3v) is 6.37. The van der Waals surface area contributed by atoms with Crippen LogP contribution in [-0.4, -0.2) is 43.1 Å². The molecule has 2 fully saturated rings. The summed E-state index contributed by atoms with van der Waals surface area (Å²) in [4.78, 5) is 15.4. The molecule has 1 aromatic carbocycles. The lowest BCUT2D eigenvalue weighted by molar-refractivity contribution is -0.128. The van der Waals surface area contributed by atoms with Crippen LogP contribution in [0.25, 0.3) is 0 Å². The van der Waals surface area contributed by atoms with Crippen molar-refractivity contribution in [1.29, 1.82) is 0 Å². The topological polar surface area (TPSA) is 67.6 Å². The summed E-state index contributed by atoms with van der Waals surface area (Å²) in [6, 6.07) is 8.46. The monoisotopic (exact) mass is 445 g/mol. The van der Waals surface area contributed by atoms with Crippen LogP contribution in [0.4, 0.5) is 0 Å². The molecule has 1 saturated heterocycles. The van der Waals surface area contributed by atoms with E-state index in [9.17, 15) is 4.79 Å². The van der Waals surface area contributed by atoms with Gasteiger partial charge in [-0.25, -0.2) is 0 Å². The standard InChI is InChI=1S/C22H35N3O2.2ClH/c1-22(23)13-5-4-8-19(22)21(26)24-16-20(25-14-6-3-7-15-25)17-9-11-18(27-2)12-10-17;;/h9-12,19-20H,3-8,13-16,23H2,1-2H3,(H,24,26);2*1H. The van der Waals surface area contributed by atoms with Gasteiger partial charge in [-0.1, -0.05) is 31.4 Å². The molecule has 3 N–H and O–H groups in total. The van der Waals surface area contributed by atoms with Gasteiger partial charge in [-0.2, -0.15) is 0 Å². The molecule has 1 aliphatic heterocycles. The van der Waals surface area contributed by atoms with Crippen molar-refractivity contribution in [3.05, 3.63) is 29.8 Å². The average Bonchev–Trinajstić information content (AvgIpc) is 2.69. The number of hydrogen-bond acceptors (Lipinski definition) is 4. The third kappa shape index (κ3) is 6.74. The van der Waals surface area contributed by atoms with E-state index < -0.39 is 0 Å². The number of rotatable bonds is 6. The van der Waals surface area contributed by atoms with E-state index in [1.165, 1.54) is 24.8 Å². The molecule has 29 heavy (non-hydrogen) atoms. The zero-order chi connectivity index (χ0) is 19.3. The molecule has 2 aliphatic rings. The van der Waals surface area contributed by atoms with E-state index in [-0.39, 0.29) is 48.2 Å². The number of methoxy groups -OCH3 is 1. The summed E-state index contributed by atoms with van der Waals surface area (Å²) in [5.74, 6) is 0.903. The lowest BCUT2D eigenvalue weighted by Gasteiger charge is -2.38. The van der Waals surface area contributed by atoms with Crippen LogP contribution in [-0.2, 0) is 4.79 Å². The summed E-state index contributed by atoms with van der Waals surface area (Å²) in [5, 5.41) is 3.24. The highest BCUT2D eigenvalue weighted by molar-refractivity contribution is 5.85. The maximum Gasteiger partial charge on any atom is 0.225 e. The molecule has 5 nitrogen and oxygen atoms in total. The summed E-state index contributed by atoms with van der Waals surface area (Å²) >= 11 is 0. The van der Waals surface area contributed by atoms with Gasteiger partial charge in [0.2, 0.25) is 5.91 Å². The van der Waals surface area contributed by atoms with E-state index >= 15 is 0 Å². The number of ether oxygens (including phenoxy) is 1. The number of carbonyl (C=O) groups excluding carboxylic acids is 1. The highest BCUT2D eigenvalue weighted by atomic mass is 35.5. The highest BCUT2D eigenvalue weighted by Gasteiger charge is 2.38. The molecule has 7 heteroatoms. The molecule has 1 aromatic rings. The number of carbonyl (C=O) groups is 1. The van der Waals surface area contributed by atoms with Crippen LogP contribution >= 0.6 is 24.8 Å². The fraction of sp³-hybridized carbons (Fsp3) is 0.682. The van der Waals surface area contributed by atoms with Crippen molar-refractivity contribution in [2.24, 2.45) is 11.7 Å². The second kappa shape index (κ2) is 12.0. The molecule has 0 aromatic heterocycles. The molecule has 0 bridgehead atoms. The SMILES string of the molecule is COc1ccc(C(CNC(=O)C2CCCCC2(C)N)N2CCCCC2)cc1.Cl.Cl. The second-order valence-electron chi connectivity index (χ2n) is 8.43. The second-order valence-corrected chi connectivity index (χ2v) is 8.43. The largest absolute Gasteiger partial charge is 0.497 e. The Morgan fingerprint density at radius 2 is 1.83 bits per heavy atom. The Morgan fingerprint density at radius 3 is 2.41 bits per heavy atom. The number of likely N-dealkylation sites (tertiary alicyclic amines) is 1. The molecule has 1 aliphatic carbocycles. The zero-order valence-electron chi connectivity index (χ0n) is 17.7. The van der Waals surface area contributed by atoms with Crippen molar-refractivity contribution in [2.45, 2.75) is 63.5 Å². The first-order valence-corrected chi connectivity index (χ1v) is 10.5. The fourth-order valence-corrected chi connectivity index (χ4v) is 4.62. The molecule has 0 spiro atoms. The van der Waals surface area contributed by atoms with E-state index in [4.69, 9.17) is 10.5 Å². The quantitative estimate of drug-likeness (QED) is 0.691. The number of nitrogens with zero attached hydrogens (tertiary/aromatic N) is 1. The maximum absolute atomic E-state index is 12.9. The molecule has 3 rings (SSSR count). The van der Waals surface area contributed by atoms with Gasteiger partial charge in [0.05, 0.1) is 19.1 Å². The van der Waals surface area contributed by atoms with Crippen LogP contribution in [0, 0.1) is 5.92 Å². The zero-order valence-corrected chi connectivity index (χ0v) is 19.3. The minimum absolute atomic E-state index is 0. The molecule has 0 radical (unpaired) electrons. The number of nitrogens with one attached hydrogen (secondary N) is 1. The van der Waals surface area contributed by atoms with Gasteiger partial charge in [-0.3, -0.25) is 9.69 Å². The lowest BCUT2D eigenvalue weighted by Crippen LogP contribution is -2.53. The van der Waals surface area contributed by atoms with Crippen LogP contribution < -0.4 is 15.8 Å². The van der Waals surface area contributed by atoms with Gasteiger partial charge in [-0.15, -0.1) is 24.8 Å². The molecule has 3 unspecified atom stereocenters. The summed E-state index contributed by atoms with van der Waals surface area (Å²) in [6.45, 7) is 4.84. The van der Waals surface area contributed by atoms with Crippen LogP contribution in [0.15, 0.2) is 24.3 Å². The van der Waals surface area contributed by atoms with Crippen LogP contribution in [0.3, 0.4) is 0 Å². The van der Waals surface area contributed by atoms with Crippen molar-refractivity contribution in [3.8, 4) is 5.75 Å². The van der Waals surface area contributed by atoms with Crippen molar-refractivity contribution in [1.82, 2.24) is 10.2 Å². The Bertz CT molecular complexity index is 619. The molecule has 1 amide bonds. The Kier molecular flexibility index (Phi) is 10.8. The number of halogens is 2. The predicted molar refractivity (Wildman–Crippen MR) is 123 cm³/mol. The molecule has 166 valence electrons. The summed E-state index contributed by atoms with van der Waals surface area (Å²) in [5.41, 5.74) is 7.28. The fourth-order valence-electron chi connectivity index (χ4n) is 4.62. The smallest absolute Gasteiger partial charge is 0.225 e. The Balaban J connectivity index is 0.00000210. The highest BCUT2D eigenvalue weighted by Crippen LogP contribution is 2.32. The summed E-state index contributed by atoms with van der Waals surface area (Å²) in [6.07, 6.45) is 7.80. The number of piperidine rings is 1. The Hall–Kier alpha value is -1.01. The molecule has 1 heterocycles. The minimum atomic E-state index is -0.386. The van der Waals surface area contributed by atoms with Crippen molar-refractivity contribution in [3.63, 3.8) is 0 Å². The number of hydrogen-bond donors (Lipinski definition) is 2. The maximum atomic E-state index is 12.9. The van der Waals surface area contributed by atoms with Crippen molar-refractivity contribution < 1.29 is 9.53 Å². The van der Waals surface area contributed by atoms with Gasteiger partial charge in [0.15, 0.2) is 0 Å². The van der Waals surface area contributed by atoms with Crippen LogP contribution in [0.5, 0.6) is 5.75 Å². The van der Waals surface area contributed by atoms with Gasteiger partial charge in [-0.05, 0) is 63.4 Å². The Labute approximate surface area is 187 Å². The van der Waals surface area contributed by atoms with E-state index in [2.05, 4.69) is 22.3 Å². The van der Waals surface area contributed by atoms with Crippen LogP contribution in [0.2, 0.25) is 0 Å². The van der Waals surface area contributed by atoms with Gasteiger partial charge in [0, 0.05) is 12.1 Å². The van der Waals surface area contributed by atoms with Gasteiger partial charge < -0.3 is 15.8 Å². The van der Waals surface area contributed by atoms with E-state index in [1.54, 1.807) is 7.11 Å². The third-order valence-electron chi connectivity index (χ3n) is 6.37. The predicted octanol–water partition coefficient (Wildman–Crippen LogP) is 4.09. The van der Waals surface area contributed by atoms with Crippen molar-refractivity contribution >= 4 is 30.7 Å². The van der Waals surface area contributed by atoms with E-state index in [0.717, 1.165) is 44.5 Å². The average molecular weight is 446 g/mol. The number of nitrogens with two attached hydrogens (primary N) is 1. The molecule has 3 atom stereocenters. The lowest BCUT2D eigenvalue weighted by atomic mass is 9.74. The van der Waals surface area contributed by atoms with Gasteiger partial charge >= 0.3 is 0 Å². The molecular formula is C22H37Cl2N3O2. The summed E-state index contributed by atoms with van der Waals surface area (Å²) in [7, 11) is 1.69. The van der Waals surface area contributed by atoms with E-state index in [1.807, 2.05) is 19.1 Å². The van der Waals surface area contributed by atoms with Crippen LogP contribution in [0.1, 0.15) is 63.5 Å². The van der Waals surface area contributed by atoms with E-state index in [0.29, 0.717) is 6.54 Å². The first kappa shape index (κ1) is 26.0.